The molecule has 0 amide bonds. The van der Waals surface area contributed by atoms with Gasteiger partial charge in [-0.2, -0.15) is 0 Å². The van der Waals surface area contributed by atoms with E-state index in [4.69, 9.17) is 5.11 Å². The molecule has 0 aliphatic carbocycles. The lowest BCUT2D eigenvalue weighted by molar-refractivity contribution is 0.0702. The highest BCUT2D eigenvalue weighted by Crippen LogP contribution is 2.24. The average Bonchev–Trinajstić information content (AvgIpc) is 2.66. The Bertz CT molecular complexity index is 556. The molecule has 0 aliphatic heterocycles. The first-order chi connectivity index (χ1) is 7.16. The number of hydrogen-bond acceptors (Lipinski definition) is 3. The summed E-state index contributed by atoms with van der Waals surface area (Å²) in [6.45, 7) is 0. The predicted molar refractivity (Wildman–Crippen MR) is 57.3 cm³/mol. The highest BCUT2D eigenvalue weighted by atomic mass is 32.1. The van der Waals surface area contributed by atoms with Crippen molar-refractivity contribution in [2.24, 2.45) is 0 Å². The fraction of sp³-hybridized carbons (Fsp3) is 0. The molecule has 5 heteroatoms. The second-order valence-electron chi connectivity index (χ2n) is 2.95. The van der Waals surface area contributed by atoms with Gasteiger partial charge in [-0.15, -0.1) is 11.3 Å². The van der Waals surface area contributed by atoms with Gasteiger partial charge in [-0.05, 0) is 28.6 Å². The number of aromatic carboxylic acids is 1. The number of carbonyl (C=O) groups is 1. The third kappa shape index (κ3) is 1.97. The zero-order valence-electron chi connectivity index (χ0n) is 7.56. The fourth-order valence-electron chi connectivity index (χ4n) is 1.22. The van der Waals surface area contributed by atoms with E-state index in [1.165, 1.54) is 12.3 Å². The summed E-state index contributed by atoms with van der Waals surface area (Å²) in [7, 11) is 0. The van der Waals surface area contributed by atoms with Gasteiger partial charge in [0, 0.05) is 12.3 Å². The van der Waals surface area contributed by atoms with Gasteiger partial charge in [-0.1, -0.05) is 0 Å². The lowest BCUT2D eigenvalue weighted by Crippen LogP contribution is -2.01. The van der Waals surface area contributed by atoms with Gasteiger partial charge < -0.3 is 10.1 Å². The molecular formula is C10H7NO3S. The topological polar surface area (TPSA) is 70.2 Å². The fourth-order valence-corrected chi connectivity index (χ4v) is 1.98. The van der Waals surface area contributed by atoms with E-state index in [1.54, 1.807) is 17.5 Å². The number of carboxylic acids is 1. The Morgan fingerprint density at radius 3 is 2.73 bits per heavy atom. The van der Waals surface area contributed by atoms with Crippen LogP contribution in [-0.2, 0) is 0 Å². The maximum Gasteiger partial charge on any atom is 0.345 e. The number of aromatic nitrogens is 1. The molecule has 2 aromatic heterocycles. The first-order valence-electron chi connectivity index (χ1n) is 4.18. The van der Waals surface area contributed by atoms with Gasteiger partial charge in [0.05, 0.1) is 0 Å². The van der Waals surface area contributed by atoms with Crippen LogP contribution in [0, 0.1) is 0 Å². The smallest absolute Gasteiger partial charge is 0.345 e. The van der Waals surface area contributed by atoms with Crippen LogP contribution in [0.2, 0.25) is 0 Å². The molecule has 0 bridgehead atoms. The van der Waals surface area contributed by atoms with Crippen LogP contribution in [0.5, 0.6) is 0 Å². The molecule has 76 valence electrons. The zero-order chi connectivity index (χ0) is 10.8. The number of hydrogen-bond donors (Lipinski definition) is 2. The van der Waals surface area contributed by atoms with E-state index < -0.39 is 5.97 Å². The Balaban J connectivity index is 2.46. The zero-order valence-corrected chi connectivity index (χ0v) is 8.38. The van der Waals surface area contributed by atoms with Crippen LogP contribution >= 0.6 is 11.3 Å². The largest absolute Gasteiger partial charge is 0.477 e. The molecule has 2 aromatic rings. The Morgan fingerprint density at radius 2 is 2.13 bits per heavy atom. The van der Waals surface area contributed by atoms with Gasteiger partial charge in [-0.3, -0.25) is 4.79 Å². The number of pyridine rings is 1. The van der Waals surface area contributed by atoms with Crippen molar-refractivity contribution in [3.05, 3.63) is 45.0 Å². The second kappa shape index (κ2) is 3.70. The van der Waals surface area contributed by atoms with Crippen molar-refractivity contribution < 1.29 is 9.90 Å². The summed E-state index contributed by atoms with van der Waals surface area (Å²) in [5.41, 5.74) is 1.28. The summed E-state index contributed by atoms with van der Waals surface area (Å²) < 4.78 is 0. The molecule has 0 spiro atoms. The van der Waals surface area contributed by atoms with E-state index >= 15 is 0 Å². The van der Waals surface area contributed by atoms with Crippen LogP contribution in [0.1, 0.15) is 9.67 Å². The maximum absolute atomic E-state index is 11.0. The number of thiophene rings is 1. The van der Waals surface area contributed by atoms with Crippen LogP contribution < -0.4 is 5.56 Å². The third-order valence-electron chi connectivity index (χ3n) is 1.92. The summed E-state index contributed by atoms with van der Waals surface area (Å²) in [4.78, 5) is 24.5. The van der Waals surface area contributed by atoms with Crippen molar-refractivity contribution >= 4 is 17.3 Å². The molecular weight excluding hydrogens is 214 g/mol. The van der Waals surface area contributed by atoms with Crippen LogP contribution in [-0.4, -0.2) is 16.1 Å². The lowest BCUT2D eigenvalue weighted by atomic mass is 10.1. The molecule has 2 N–H and O–H groups in total. The van der Waals surface area contributed by atoms with Crippen molar-refractivity contribution in [2.45, 2.75) is 0 Å². The number of rotatable bonds is 2. The molecule has 0 saturated heterocycles. The van der Waals surface area contributed by atoms with Gasteiger partial charge in [-0.25, -0.2) is 4.79 Å². The number of nitrogens with one attached hydrogen (secondary N) is 1. The summed E-state index contributed by atoms with van der Waals surface area (Å²) in [6, 6.07) is 4.73. The van der Waals surface area contributed by atoms with Gasteiger partial charge >= 0.3 is 5.97 Å². The van der Waals surface area contributed by atoms with Crippen molar-refractivity contribution in [1.29, 1.82) is 0 Å². The van der Waals surface area contributed by atoms with E-state index in [-0.39, 0.29) is 10.4 Å². The van der Waals surface area contributed by atoms with Crippen molar-refractivity contribution in [2.75, 3.05) is 0 Å². The predicted octanol–water partition coefficient (Wildman–Crippen LogP) is 1.80. The second-order valence-corrected chi connectivity index (χ2v) is 3.86. The van der Waals surface area contributed by atoms with Crippen LogP contribution in [0.25, 0.3) is 11.1 Å². The Kier molecular flexibility index (Phi) is 2.39. The molecule has 2 rings (SSSR count). The lowest BCUT2D eigenvalue weighted by Gasteiger charge is -1.94. The summed E-state index contributed by atoms with van der Waals surface area (Å²) in [5, 5.41) is 10.5. The molecule has 0 unspecified atom stereocenters. The van der Waals surface area contributed by atoms with Crippen LogP contribution in [0.15, 0.2) is 34.6 Å². The number of carboxylic acid groups (broad SMARTS) is 1. The normalized spacial score (nSPS) is 10.1. The van der Waals surface area contributed by atoms with E-state index in [1.807, 2.05) is 0 Å². The van der Waals surface area contributed by atoms with Gasteiger partial charge in [0.1, 0.15) is 4.88 Å². The maximum atomic E-state index is 11.0. The van der Waals surface area contributed by atoms with E-state index in [2.05, 4.69) is 4.98 Å². The summed E-state index contributed by atoms with van der Waals surface area (Å²) >= 11 is 1.15. The minimum absolute atomic E-state index is 0.199. The van der Waals surface area contributed by atoms with Gasteiger partial charge in [0.25, 0.3) is 0 Å². The molecule has 2 heterocycles. The van der Waals surface area contributed by atoms with Crippen molar-refractivity contribution in [3.8, 4) is 11.1 Å². The van der Waals surface area contributed by atoms with E-state index in [9.17, 15) is 9.59 Å². The first kappa shape index (κ1) is 9.67. The number of aromatic amines is 1. The summed E-state index contributed by atoms with van der Waals surface area (Å²) in [6.07, 6.45) is 1.54. The molecule has 4 nitrogen and oxygen atoms in total. The highest BCUT2D eigenvalue weighted by molar-refractivity contribution is 7.12. The molecule has 0 aromatic carbocycles. The molecule has 0 atom stereocenters. The SMILES string of the molecule is O=C(O)c1cc(-c2cc[nH]c(=O)c2)cs1. The standard InChI is InChI=1S/C10H7NO3S/c12-9-4-6(1-2-11-9)7-3-8(10(13)14)15-5-7/h1-5H,(H,11,12)(H,13,14). The minimum atomic E-state index is -0.948. The molecule has 0 fully saturated rings. The minimum Gasteiger partial charge on any atom is -0.477 e. The van der Waals surface area contributed by atoms with E-state index in [0.717, 1.165) is 22.5 Å². The Morgan fingerprint density at radius 1 is 1.33 bits per heavy atom. The molecule has 0 radical (unpaired) electrons. The average molecular weight is 221 g/mol. The number of H-pyrrole nitrogens is 1. The van der Waals surface area contributed by atoms with E-state index in [0.29, 0.717) is 0 Å². The monoisotopic (exact) mass is 221 g/mol. The Hall–Kier alpha value is -1.88. The van der Waals surface area contributed by atoms with Crippen LogP contribution in [0.3, 0.4) is 0 Å². The van der Waals surface area contributed by atoms with Gasteiger partial charge in [0.15, 0.2) is 0 Å². The summed E-state index contributed by atoms with van der Waals surface area (Å²) in [5.74, 6) is -0.948. The molecule has 15 heavy (non-hydrogen) atoms. The molecule has 0 saturated carbocycles. The van der Waals surface area contributed by atoms with Crippen molar-refractivity contribution in [3.63, 3.8) is 0 Å². The third-order valence-corrected chi connectivity index (χ3v) is 2.84. The van der Waals surface area contributed by atoms with Crippen LogP contribution in [0.4, 0.5) is 0 Å². The quantitative estimate of drug-likeness (QED) is 0.812. The van der Waals surface area contributed by atoms with Crippen molar-refractivity contribution in [1.82, 2.24) is 4.98 Å². The molecule has 0 aliphatic rings. The Labute approximate surface area is 88.8 Å². The van der Waals surface area contributed by atoms with Gasteiger partial charge in [0.2, 0.25) is 5.56 Å². The highest BCUT2D eigenvalue weighted by Gasteiger charge is 2.07. The first-order valence-corrected chi connectivity index (χ1v) is 5.06.